The van der Waals surface area contributed by atoms with Crippen LogP contribution in [0.15, 0.2) is 54.9 Å². The minimum Gasteiger partial charge on any atom is -0.476 e. The number of halogens is 3. The number of hydrogen-bond donors (Lipinski definition) is 0. The lowest BCUT2D eigenvalue weighted by molar-refractivity contribution is -0.137. The van der Waals surface area contributed by atoms with Crippen LogP contribution in [-0.4, -0.2) is 26.1 Å². The molecule has 0 saturated carbocycles. The topological polar surface area (TPSA) is 52.8 Å². The molecule has 0 aliphatic heterocycles. The Hall–Kier alpha value is -3.42. The molecule has 0 atom stereocenters. The normalized spacial score (nSPS) is 11.8. The molecule has 2 aromatic carbocycles. The Morgan fingerprint density at radius 2 is 1.72 bits per heavy atom. The third-order valence-corrected chi connectivity index (χ3v) is 4.53. The van der Waals surface area contributed by atoms with E-state index >= 15 is 0 Å². The molecule has 4 rings (SSSR count). The summed E-state index contributed by atoms with van der Waals surface area (Å²) in [6.45, 7) is 4.18. The van der Waals surface area contributed by atoms with Gasteiger partial charge in [0.05, 0.1) is 12.2 Å². The van der Waals surface area contributed by atoms with Gasteiger partial charge >= 0.3 is 6.18 Å². The minimum absolute atomic E-state index is 0.331. The number of fused-ring (bicyclic) bond motifs is 1. The SMILES string of the molecule is CCOc1ncnc2c1nc(-c1ccccc1C)n2-c1ccc(C(F)(F)F)cc1. The molecule has 2 heterocycles. The van der Waals surface area contributed by atoms with Gasteiger partial charge in [-0.15, -0.1) is 0 Å². The van der Waals surface area contributed by atoms with Crippen molar-refractivity contribution in [2.75, 3.05) is 6.61 Å². The summed E-state index contributed by atoms with van der Waals surface area (Å²) in [4.78, 5) is 13.2. The van der Waals surface area contributed by atoms with Crippen LogP contribution in [-0.2, 0) is 6.18 Å². The van der Waals surface area contributed by atoms with Gasteiger partial charge in [-0.2, -0.15) is 18.2 Å². The first-order valence-corrected chi connectivity index (χ1v) is 9.00. The summed E-state index contributed by atoms with van der Waals surface area (Å²) in [6.07, 6.45) is -3.05. The van der Waals surface area contributed by atoms with Crippen molar-refractivity contribution >= 4 is 11.2 Å². The van der Waals surface area contributed by atoms with E-state index < -0.39 is 11.7 Å². The maximum atomic E-state index is 13.0. The van der Waals surface area contributed by atoms with Gasteiger partial charge in [0.1, 0.15) is 12.2 Å². The van der Waals surface area contributed by atoms with Gasteiger partial charge in [-0.25, -0.2) is 9.97 Å². The number of alkyl halides is 3. The first-order valence-electron chi connectivity index (χ1n) is 9.00. The van der Waals surface area contributed by atoms with Crippen LogP contribution in [0.25, 0.3) is 28.2 Å². The number of ether oxygens (including phenoxy) is 1. The fourth-order valence-electron chi connectivity index (χ4n) is 3.16. The van der Waals surface area contributed by atoms with E-state index in [0.717, 1.165) is 23.3 Å². The molecule has 5 nitrogen and oxygen atoms in total. The molecule has 2 aromatic heterocycles. The number of hydrogen-bond acceptors (Lipinski definition) is 4. The summed E-state index contributed by atoms with van der Waals surface area (Å²) in [7, 11) is 0. The van der Waals surface area contributed by atoms with Gasteiger partial charge in [-0.3, -0.25) is 4.57 Å². The Morgan fingerprint density at radius 3 is 2.38 bits per heavy atom. The fourth-order valence-corrected chi connectivity index (χ4v) is 3.16. The third-order valence-electron chi connectivity index (χ3n) is 4.53. The maximum Gasteiger partial charge on any atom is 0.416 e. The lowest BCUT2D eigenvalue weighted by atomic mass is 10.1. The maximum absolute atomic E-state index is 13.0. The van der Waals surface area contributed by atoms with Crippen molar-refractivity contribution in [1.29, 1.82) is 0 Å². The van der Waals surface area contributed by atoms with E-state index in [1.165, 1.54) is 18.5 Å². The van der Waals surface area contributed by atoms with E-state index in [1.807, 2.05) is 38.1 Å². The predicted molar refractivity (Wildman–Crippen MR) is 103 cm³/mol. The highest BCUT2D eigenvalue weighted by Crippen LogP contribution is 2.34. The summed E-state index contributed by atoms with van der Waals surface area (Å²) in [5, 5.41) is 0. The average Bonchev–Trinajstić information content (AvgIpc) is 3.08. The molecular weight excluding hydrogens is 381 g/mol. The van der Waals surface area contributed by atoms with E-state index in [4.69, 9.17) is 9.72 Å². The number of aromatic nitrogens is 4. The Balaban J connectivity index is 2.00. The largest absolute Gasteiger partial charge is 0.476 e. The standard InChI is InChI=1S/C21H17F3N4O/c1-3-29-20-17-19(25-12-26-20)28(15-10-8-14(9-11-15)21(22,23)24)18(27-17)16-7-5-4-6-13(16)2/h4-12H,3H2,1-2H3. The second-order valence-electron chi connectivity index (χ2n) is 6.41. The quantitative estimate of drug-likeness (QED) is 0.474. The molecule has 8 heteroatoms. The molecular formula is C21H17F3N4O. The first-order chi connectivity index (χ1) is 13.9. The smallest absolute Gasteiger partial charge is 0.416 e. The highest BCUT2D eigenvalue weighted by Gasteiger charge is 2.30. The van der Waals surface area contributed by atoms with Crippen LogP contribution in [0.4, 0.5) is 13.2 Å². The van der Waals surface area contributed by atoms with E-state index in [-0.39, 0.29) is 0 Å². The number of rotatable bonds is 4. The van der Waals surface area contributed by atoms with Gasteiger partial charge in [0.2, 0.25) is 5.88 Å². The number of nitrogens with zero attached hydrogens (tertiary/aromatic N) is 4. The number of imidazole rings is 1. The number of aryl methyl sites for hydroxylation is 1. The molecule has 0 fully saturated rings. The van der Waals surface area contributed by atoms with Crippen molar-refractivity contribution in [3.05, 3.63) is 66.0 Å². The van der Waals surface area contributed by atoms with E-state index in [2.05, 4.69) is 9.97 Å². The molecule has 0 unspecified atom stereocenters. The van der Waals surface area contributed by atoms with Crippen molar-refractivity contribution in [3.8, 4) is 23.0 Å². The predicted octanol–water partition coefficient (Wildman–Crippen LogP) is 5.21. The summed E-state index contributed by atoms with van der Waals surface area (Å²) in [5.41, 5.74) is 2.52. The van der Waals surface area contributed by atoms with Gasteiger partial charge in [0.25, 0.3) is 0 Å². The molecule has 4 aromatic rings. The van der Waals surface area contributed by atoms with Crippen molar-refractivity contribution in [2.24, 2.45) is 0 Å². The molecule has 0 aliphatic rings. The van der Waals surface area contributed by atoms with E-state index in [1.54, 1.807) is 4.57 Å². The van der Waals surface area contributed by atoms with Gasteiger partial charge in [0, 0.05) is 11.3 Å². The van der Waals surface area contributed by atoms with Gasteiger partial charge in [-0.05, 0) is 43.7 Å². The molecule has 0 radical (unpaired) electrons. The minimum atomic E-state index is -4.40. The van der Waals surface area contributed by atoms with Gasteiger partial charge < -0.3 is 4.74 Å². The summed E-state index contributed by atoms with van der Waals surface area (Å²) in [6, 6.07) is 12.6. The average molecular weight is 398 g/mol. The first kappa shape index (κ1) is 18.9. The van der Waals surface area contributed by atoms with Crippen LogP contribution in [0.5, 0.6) is 5.88 Å². The zero-order chi connectivity index (χ0) is 20.6. The van der Waals surface area contributed by atoms with Crippen molar-refractivity contribution in [1.82, 2.24) is 19.5 Å². The lowest BCUT2D eigenvalue weighted by Gasteiger charge is -2.12. The van der Waals surface area contributed by atoms with Crippen molar-refractivity contribution in [3.63, 3.8) is 0 Å². The Labute approximate surface area is 164 Å². The Morgan fingerprint density at radius 1 is 1.00 bits per heavy atom. The van der Waals surface area contributed by atoms with Crippen LogP contribution in [0.1, 0.15) is 18.1 Å². The zero-order valence-electron chi connectivity index (χ0n) is 15.7. The van der Waals surface area contributed by atoms with Crippen molar-refractivity contribution in [2.45, 2.75) is 20.0 Å². The van der Waals surface area contributed by atoms with Crippen LogP contribution in [0.2, 0.25) is 0 Å². The van der Waals surface area contributed by atoms with Gasteiger partial charge in [0.15, 0.2) is 11.2 Å². The van der Waals surface area contributed by atoms with Crippen LogP contribution >= 0.6 is 0 Å². The van der Waals surface area contributed by atoms with Gasteiger partial charge in [-0.1, -0.05) is 24.3 Å². The summed E-state index contributed by atoms with van der Waals surface area (Å²) < 4.78 is 46.3. The molecule has 148 valence electrons. The molecule has 0 saturated heterocycles. The summed E-state index contributed by atoms with van der Waals surface area (Å²) >= 11 is 0. The van der Waals surface area contributed by atoms with Crippen LogP contribution < -0.4 is 4.74 Å². The monoisotopic (exact) mass is 398 g/mol. The fraction of sp³-hybridized carbons (Fsp3) is 0.190. The molecule has 0 spiro atoms. The highest BCUT2D eigenvalue weighted by molar-refractivity contribution is 5.84. The molecule has 29 heavy (non-hydrogen) atoms. The van der Waals surface area contributed by atoms with Crippen molar-refractivity contribution < 1.29 is 17.9 Å². The van der Waals surface area contributed by atoms with E-state index in [0.29, 0.717) is 35.2 Å². The van der Waals surface area contributed by atoms with E-state index in [9.17, 15) is 13.2 Å². The molecule has 0 aliphatic carbocycles. The lowest BCUT2D eigenvalue weighted by Crippen LogP contribution is -2.06. The Kier molecular flexibility index (Phi) is 4.70. The number of benzene rings is 2. The highest BCUT2D eigenvalue weighted by atomic mass is 19.4. The molecule has 0 amide bonds. The third kappa shape index (κ3) is 3.41. The zero-order valence-corrected chi connectivity index (χ0v) is 15.7. The second kappa shape index (κ2) is 7.20. The molecule has 0 bridgehead atoms. The Bertz CT molecular complexity index is 1170. The van der Waals surface area contributed by atoms with Crippen LogP contribution in [0, 0.1) is 6.92 Å². The molecule has 0 N–H and O–H groups in total. The summed E-state index contributed by atoms with van der Waals surface area (Å²) in [5.74, 6) is 0.886. The van der Waals surface area contributed by atoms with Crippen LogP contribution in [0.3, 0.4) is 0 Å². The second-order valence-corrected chi connectivity index (χ2v) is 6.41.